The van der Waals surface area contributed by atoms with Gasteiger partial charge in [-0.05, 0) is 44.6 Å². The Morgan fingerprint density at radius 2 is 1.96 bits per heavy atom. The quantitative estimate of drug-likeness (QED) is 0.687. The summed E-state index contributed by atoms with van der Waals surface area (Å²) in [6.45, 7) is 2.99. The first-order chi connectivity index (χ1) is 12.4. The first-order valence-electron chi connectivity index (χ1n) is 10.0. The van der Waals surface area contributed by atoms with Crippen LogP contribution in [0.1, 0.15) is 45.4 Å². The molecule has 3 N–H and O–H groups in total. The number of amides is 2. The van der Waals surface area contributed by atoms with Crippen molar-refractivity contribution in [2.45, 2.75) is 75.8 Å². The molecule has 2 heterocycles. The van der Waals surface area contributed by atoms with Gasteiger partial charge in [0, 0.05) is 32.1 Å². The molecule has 2 amide bonds. The molecule has 2 aliphatic heterocycles. The summed E-state index contributed by atoms with van der Waals surface area (Å²) in [4.78, 5) is 27.1. The molecule has 3 fully saturated rings. The van der Waals surface area contributed by atoms with Crippen LogP contribution in [0.5, 0.6) is 0 Å². The molecule has 2 saturated heterocycles. The second kappa shape index (κ2) is 8.21. The van der Waals surface area contributed by atoms with Gasteiger partial charge in [0.2, 0.25) is 11.8 Å². The van der Waals surface area contributed by atoms with Crippen LogP contribution in [0.25, 0.3) is 0 Å². The molecule has 3 aliphatic rings. The van der Waals surface area contributed by atoms with Crippen LogP contribution in [0.2, 0.25) is 0 Å². The van der Waals surface area contributed by atoms with Crippen LogP contribution in [0.15, 0.2) is 0 Å². The first kappa shape index (κ1) is 19.5. The second-order valence-corrected chi connectivity index (χ2v) is 8.49. The predicted molar refractivity (Wildman–Crippen MR) is 98.4 cm³/mol. The van der Waals surface area contributed by atoms with Gasteiger partial charge in [-0.3, -0.25) is 9.59 Å². The normalized spacial score (nSPS) is 38.3. The lowest BCUT2D eigenvalue weighted by atomic mass is 9.77. The van der Waals surface area contributed by atoms with E-state index in [1.807, 2.05) is 0 Å². The van der Waals surface area contributed by atoms with E-state index in [-0.39, 0.29) is 29.8 Å². The van der Waals surface area contributed by atoms with Crippen molar-refractivity contribution in [1.29, 1.82) is 0 Å². The number of alkyl halides is 1. The van der Waals surface area contributed by atoms with Crippen LogP contribution in [0.4, 0.5) is 4.39 Å². The summed E-state index contributed by atoms with van der Waals surface area (Å²) < 4.78 is 14.3. The summed E-state index contributed by atoms with van der Waals surface area (Å²) in [6, 6.07) is -0.963. The summed E-state index contributed by atoms with van der Waals surface area (Å²) in [5.74, 6) is 0.0191. The van der Waals surface area contributed by atoms with E-state index in [9.17, 15) is 14.0 Å². The highest BCUT2D eigenvalue weighted by Gasteiger charge is 2.47. The Morgan fingerprint density at radius 1 is 1.19 bits per heavy atom. The zero-order valence-electron chi connectivity index (χ0n) is 16.1. The topological polar surface area (TPSA) is 73.5 Å². The number of carbonyl (C=O) groups excluding carboxylic acids is 2. The van der Waals surface area contributed by atoms with E-state index in [0.717, 1.165) is 32.2 Å². The number of hydrogen-bond acceptors (Lipinski definition) is 4. The smallest absolute Gasteiger partial charge is 0.246 e. The molecular formula is C19H33FN4O2. The van der Waals surface area contributed by atoms with Crippen LogP contribution >= 0.6 is 0 Å². The number of nitrogens with zero attached hydrogens (tertiary/aromatic N) is 1. The third kappa shape index (κ3) is 4.03. The number of hydrogen-bond donors (Lipinski definition) is 3. The van der Waals surface area contributed by atoms with E-state index in [2.05, 4.69) is 22.9 Å². The van der Waals surface area contributed by atoms with Crippen LogP contribution < -0.4 is 16.0 Å². The molecule has 0 radical (unpaired) electrons. The third-order valence-corrected chi connectivity index (χ3v) is 6.41. The fraction of sp³-hybridized carbons (Fsp3) is 0.895. The largest absolute Gasteiger partial charge is 0.347 e. The van der Waals surface area contributed by atoms with Gasteiger partial charge in [0.1, 0.15) is 12.2 Å². The van der Waals surface area contributed by atoms with E-state index in [1.165, 1.54) is 4.90 Å². The Balaban J connectivity index is 1.66. The van der Waals surface area contributed by atoms with E-state index >= 15 is 0 Å². The van der Waals surface area contributed by atoms with Crippen LogP contribution in [0, 0.1) is 11.8 Å². The molecule has 0 aromatic carbocycles. The minimum atomic E-state index is -0.833. The minimum absolute atomic E-state index is 0.0425. The molecule has 7 atom stereocenters. The molecule has 7 heteroatoms. The summed E-state index contributed by atoms with van der Waals surface area (Å²) in [6.07, 6.45) is 4.15. The number of carbonyl (C=O) groups is 2. The van der Waals surface area contributed by atoms with Gasteiger partial charge in [0.05, 0.1) is 6.04 Å². The number of rotatable bonds is 4. The molecule has 0 aromatic heterocycles. The van der Waals surface area contributed by atoms with Crippen molar-refractivity contribution in [2.75, 3.05) is 20.6 Å². The SMILES string of the molecule is CC1CCC(F)C2CC(C(=O)NC(C(=O)N(C)C)C3CCCCN3)NC12. The Bertz CT molecular complexity index is 506. The van der Waals surface area contributed by atoms with Crippen LogP contribution in [-0.2, 0) is 9.59 Å². The highest BCUT2D eigenvalue weighted by atomic mass is 19.1. The molecule has 0 bridgehead atoms. The fourth-order valence-electron chi connectivity index (χ4n) is 4.83. The van der Waals surface area contributed by atoms with Gasteiger partial charge >= 0.3 is 0 Å². The fourth-order valence-corrected chi connectivity index (χ4v) is 4.83. The van der Waals surface area contributed by atoms with Gasteiger partial charge in [-0.2, -0.15) is 0 Å². The Kier molecular flexibility index (Phi) is 6.17. The van der Waals surface area contributed by atoms with Gasteiger partial charge in [-0.25, -0.2) is 4.39 Å². The lowest BCUT2D eigenvalue weighted by Crippen LogP contribution is -2.60. The van der Waals surface area contributed by atoms with E-state index < -0.39 is 18.3 Å². The van der Waals surface area contributed by atoms with Gasteiger partial charge in [-0.15, -0.1) is 0 Å². The van der Waals surface area contributed by atoms with Crippen molar-refractivity contribution in [3.8, 4) is 0 Å². The van der Waals surface area contributed by atoms with Crippen LogP contribution in [-0.4, -0.2) is 67.7 Å². The van der Waals surface area contributed by atoms with Crippen molar-refractivity contribution in [3.63, 3.8) is 0 Å². The molecule has 3 rings (SSSR count). The lowest BCUT2D eigenvalue weighted by molar-refractivity contribution is -0.136. The van der Waals surface area contributed by atoms with Gasteiger partial charge in [-0.1, -0.05) is 13.3 Å². The van der Waals surface area contributed by atoms with E-state index in [0.29, 0.717) is 18.8 Å². The third-order valence-electron chi connectivity index (χ3n) is 6.41. The summed E-state index contributed by atoms with van der Waals surface area (Å²) in [5, 5.41) is 9.70. The zero-order valence-corrected chi connectivity index (χ0v) is 16.1. The molecule has 0 aromatic rings. The van der Waals surface area contributed by atoms with Crippen molar-refractivity contribution in [2.24, 2.45) is 11.8 Å². The molecule has 26 heavy (non-hydrogen) atoms. The van der Waals surface area contributed by atoms with Crippen molar-refractivity contribution in [1.82, 2.24) is 20.9 Å². The lowest BCUT2D eigenvalue weighted by Gasteiger charge is -2.34. The van der Waals surface area contributed by atoms with Gasteiger partial charge in [0.25, 0.3) is 0 Å². The highest BCUT2D eigenvalue weighted by molar-refractivity contribution is 5.90. The Labute approximate surface area is 155 Å². The number of halogens is 1. The van der Waals surface area contributed by atoms with Crippen molar-refractivity contribution >= 4 is 11.8 Å². The van der Waals surface area contributed by atoms with Gasteiger partial charge in [0.15, 0.2) is 0 Å². The molecular weight excluding hydrogens is 335 g/mol. The Morgan fingerprint density at radius 3 is 2.58 bits per heavy atom. The summed E-state index contributed by atoms with van der Waals surface area (Å²) in [7, 11) is 3.42. The zero-order chi connectivity index (χ0) is 18.8. The molecule has 0 spiro atoms. The maximum absolute atomic E-state index is 14.3. The molecule has 148 valence electrons. The maximum atomic E-state index is 14.3. The summed E-state index contributed by atoms with van der Waals surface area (Å²) in [5.41, 5.74) is 0. The molecule has 6 nitrogen and oxygen atoms in total. The molecule has 1 aliphatic carbocycles. The minimum Gasteiger partial charge on any atom is -0.347 e. The molecule has 1 saturated carbocycles. The number of piperidine rings is 1. The van der Waals surface area contributed by atoms with Gasteiger partial charge < -0.3 is 20.9 Å². The average Bonchev–Trinajstić information content (AvgIpc) is 3.09. The highest BCUT2D eigenvalue weighted by Crippen LogP contribution is 2.38. The number of likely N-dealkylation sites (N-methyl/N-ethyl adjacent to an activating group) is 1. The monoisotopic (exact) mass is 368 g/mol. The number of nitrogens with one attached hydrogen (secondary N) is 3. The van der Waals surface area contributed by atoms with Crippen molar-refractivity contribution < 1.29 is 14.0 Å². The predicted octanol–water partition coefficient (Wildman–Crippen LogP) is 0.816. The van der Waals surface area contributed by atoms with Crippen molar-refractivity contribution in [3.05, 3.63) is 0 Å². The summed E-state index contributed by atoms with van der Waals surface area (Å²) >= 11 is 0. The maximum Gasteiger partial charge on any atom is 0.246 e. The first-order valence-corrected chi connectivity index (χ1v) is 10.0. The van der Waals surface area contributed by atoms with E-state index in [4.69, 9.17) is 0 Å². The van der Waals surface area contributed by atoms with E-state index in [1.54, 1.807) is 14.1 Å². The average molecular weight is 368 g/mol. The number of fused-ring (bicyclic) bond motifs is 1. The van der Waals surface area contributed by atoms with Crippen LogP contribution in [0.3, 0.4) is 0 Å². The Hall–Kier alpha value is -1.21. The molecule has 7 unspecified atom stereocenters. The second-order valence-electron chi connectivity index (χ2n) is 8.49. The standard InChI is InChI=1S/C19H33FN4O2/c1-11-7-8-13(20)12-10-15(22-16(11)12)18(25)23-17(19(26)24(2)3)14-6-4-5-9-21-14/h11-17,21-22H,4-10H2,1-3H3,(H,23,25).